The van der Waals surface area contributed by atoms with Gasteiger partial charge in [0.15, 0.2) is 12.2 Å². The molecule has 0 fully saturated rings. The molecule has 19 heteroatoms. The Bertz CT molecular complexity index is 1650. The van der Waals surface area contributed by atoms with Gasteiger partial charge in [-0.15, -0.1) is 0 Å². The maximum Gasteiger partial charge on any atom is 0.472 e. The fraction of sp³-hybridized carbons (Fsp3) is 0.938. The monoisotopic (exact) mass is 1230 g/mol. The van der Waals surface area contributed by atoms with Crippen LogP contribution in [0.4, 0.5) is 0 Å². The summed E-state index contributed by atoms with van der Waals surface area (Å²) in [5.41, 5.74) is 0. The van der Waals surface area contributed by atoms with Crippen LogP contribution in [-0.4, -0.2) is 96.7 Å². The number of carbonyl (C=O) groups is 4. The van der Waals surface area contributed by atoms with Crippen molar-refractivity contribution in [2.45, 2.75) is 330 Å². The van der Waals surface area contributed by atoms with Crippen LogP contribution in [0, 0.1) is 17.8 Å². The quantitative estimate of drug-likeness (QED) is 0.0222. The zero-order valence-electron chi connectivity index (χ0n) is 53.6. The van der Waals surface area contributed by atoms with E-state index in [1.807, 2.05) is 0 Å². The summed E-state index contributed by atoms with van der Waals surface area (Å²) >= 11 is 0. The second kappa shape index (κ2) is 55.4. The van der Waals surface area contributed by atoms with Crippen molar-refractivity contribution in [3.8, 4) is 0 Å². The van der Waals surface area contributed by atoms with Crippen LogP contribution in [-0.2, 0) is 65.4 Å². The molecule has 0 saturated carbocycles. The van der Waals surface area contributed by atoms with Gasteiger partial charge in [-0.25, -0.2) is 9.13 Å². The van der Waals surface area contributed by atoms with Crippen molar-refractivity contribution >= 4 is 39.5 Å². The molecule has 0 aliphatic rings. The second-order valence-corrected chi connectivity index (χ2v) is 27.5. The number of aliphatic hydroxyl groups is 1. The fourth-order valence-corrected chi connectivity index (χ4v) is 11.1. The van der Waals surface area contributed by atoms with Gasteiger partial charge in [0.05, 0.1) is 26.4 Å². The van der Waals surface area contributed by atoms with Crippen LogP contribution in [0.15, 0.2) is 0 Å². The molecule has 83 heavy (non-hydrogen) atoms. The predicted octanol–water partition coefficient (Wildman–Crippen LogP) is 17.5. The first-order valence-electron chi connectivity index (χ1n) is 33.3. The highest BCUT2D eigenvalue weighted by Crippen LogP contribution is 2.45. The number of ether oxygens (including phenoxy) is 4. The van der Waals surface area contributed by atoms with Crippen molar-refractivity contribution in [3.63, 3.8) is 0 Å². The van der Waals surface area contributed by atoms with Crippen molar-refractivity contribution < 1.29 is 80.2 Å². The van der Waals surface area contributed by atoms with Gasteiger partial charge in [0, 0.05) is 25.7 Å². The van der Waals surface area contributed by atoms with Gasteiger partial charge in [0.2, 0.25) is 0 Å². The Labute approximate surface area is 505 Å². The van der Waals surface area contributed by atoms with Gasteiger partial charge in [-0.1, -0.05) is 260 Å². The molecule has 492 valence electrons. The average molecular weight is 1230 g/mol. The third-order valence-corrected chi connectivity index (χ3v) is 16.5. The number of phosphoric acid groups is 2. The SMILES string of the molecule is CCCCCCCCCCC(=O)OC[C@H](COP(=O)(O)OC[C@H](O)COP(=O)(O)OC[C@@H](COC(=O)CCCCCCCCCCCC(C)C)OC(=O)CCCCCCCCCCCCCC(C)C)OC(=O)CCCCCCCCC(C)C. The van der Waals surface area contributed by atoms with Crippen molar-refractivity contribution in [2.24, 2.45) is 17.8 Å². The maximum atomic E-state index is 13.0. The summed E-state index contributed by atoms with van der Waals surface area (Å²) < 4.78 is 67.9. The van der Waals surface area contributed by atoms with E-state index in [0.29, 0.717) is 31.6 Å². The van der Waals surface area contributed by atoms with E-state index < -0.39 is 97.5 Å². The summed E-state index contributed by atoms with van der Waals surface area (Å²) in [4.78, 5) is 72.1. The molecule has 0 radical (unpaired) electrons. The first kappa shape index (κ1) is 81.1. The largest absolute Gasteiger partial charge is 0.472 e. The normalized spacial score (nSPS) is 14.4. The zero-order valence-corrected chi connectivity index (χ0v) is 55.4. The number of esters is 4. The van der Waals surface area contributed by atoms with Crippen LogP contribution in [0.25, 0.3) is 0 Å². The third kappa shape index (κ3) is 58.8. The summed E-state index contributed by atoms with van der Waals surface area (Å²) in [6.45, 7) is 11.7. The predicted molar refractivity (Wildman–Crippen MR) is 331 cm³/mol. The highest BCUT2D eigenvalue weighted by Gasteiger charge is 2.30. The lowest BCUT2D eigenvalue weighted by Gasteiger charge is -2.21. The Hall–Kier alpha value is -1.94. The minimum atomic E-state index is -4.95. The highest BCUT2D eigenvalue weighted by molar-refractivity contribution is 7.47. The van der Waals surface area contributed by atoms with Gasteiger partial charge in [0.25, 0.3) is 0 Å². The molecule has 0 bridgehead atoms. The van der Waals surface area contributed by atoms with E-state index in [-0.39, 0.29) is 25.7 Å². The molecule has 0 aliphatic carbocycles. The van der Waals surface area contributed by atoms with Crippen LogP contribution < -0.4 is 0 Å². The van der Waals surface area contributed by atoms with Crippen molar-refractivity contribution in [2.75, 3.05) is 39.6 Å². The topological polar surface area (TPSA) is 237 Å². The average Bonchev–Trinajstić information content (AvgIpc) is 3.44. The Morgan fingerprint density at radius 2 is 0.554 bits per heavy atom. The molecule has 0 saturated heterocycles. The van der Waals surface area contributed by atoms with E-state index >= 15 is 0 Å². The summed E-state index contributed by atoms with van der Waals surface area (Å²) in [6, 6.07) is 0. The molecule has 0 aromatic rings. The third-order valence-electron chi connectivity index (χ3n) is 14.6. The summed E-state index contributed by atoms with van der Waals surface area (Å²) in [7, 11) is -9.88. The number of hydrogen-bond donors (Lipinski definition) is 3. The first-order chi connectivity index (χ1) is 39.7. The van der Waals surface area contributed by atoms with E-state index in [0.717, 1.165) is 108 Å². The van der Waals surface area contributed by atoms with Gasteiger partial charge in [-0.2, -0.15) is 0 Å². The van der Waals surface area contributed by atoms with Crippen molar-refractivity contribution in [1.82, 2.24) is 0 Å². The van der Waals surface area contributed by atoms with Gasteiger partial charge in [0.1, 0.15) is 19.3 Å². The molecule has 0 aliphatic heterocycles. The molecule has 17 nitrogen and oxygen atoms in total. The van der Waals surface area contributed by atoms with Crippen LogP contribution in [0.3, 0.4) is 0 Å². The maximum absolute atomic E-state index is 13.0. The Morgan fingerprint density at radius 3 is 0.819 bits per heavy atom. The lowest BCUT2D eigenvalue weighted by molar-refractivity contribution is -0.161. The number of aliphatic hydroxyl groups excluding tert-OH is 1. The summed E-state index contributed by atoms with van der Waals surface area (Å²) in [5, 5.41) is 10.5. The summed E-state index contributed by atoms with van der Waals surface area (Å²) in [5.74, 6) is 0.0371. The first-order valence-corrected chi connectivity index (χ1v) is 36.3. The lowest BCUT2D eigenvalue weighted by Crippen LogP contribution is -2.30. The van der Waals surface area contributed by atoms with Gasteiger partial charge < -0.3 is 33.8 Å². The Kier molecular flexibility index (Phi) is 54.1. The van der Waals surface area contributed by atoms with Crippen LogP contribution in [0.2, 0.25) is 0 Å². The molecule has 0 aromatic carbocycles. The molecule has 5 atom stereocenters. The van der Waals surface area contributed by atoms with Gasteiger partial charge in [-0.05, 0) is 43.4 Å². The number of hydrogen-bond acceptors (Lipinski definition) is 15. The number of rotatable bonds is 62. The molecular weight excluding hydrogens is 1100 g/mol. The molecule has 0 rings (SSSR count). The fourth-order valence-electron chi connectivity index (χ4n) is 9.48. The molecule has 0 amide bonds. The number of carbonyl (C=O) groups excluding carboxylic acids is 4. The molecule has 0 heterocycles. The van der Waals surface area contributed by atoms with Gasteiger partial charge >= 0.3 is 39.5 Å². The molecule has 3 N–H and O–H groups in total. The standard InChI is InChI=1S/C64H124O17P2/c1-8-9-10-11-12-23-31-38-45-61(66)74-52-60(81-64(69)48-41-34-27-26-30-37-44-57(6)7)54-79-83(72,73)77-50-58(65)49-76-82(70,71)78-53-59(51-75-62(67)46-39-32-24-20-16-18-22-29-36-43-56(4)5)80-63(68)47-40-33-25-19-15-13-14-17-21-28-35-42-55(2)3/h55-60,65H,8-54H2,1-7H3,(H,70,71)(H,72,73)/t58-,59-,60-/m1/s1. The Morgan fingerprint density at radius 1 is 0.325 bits per heavy atom. The van der Waals surface area contributed by atoms with Crippen LogP contribution in [0.1, 0.15) is 312 Å². The number of unbranched alkanes of at least 4 members (excludes halogenated alkanes) is 30. The van der Waals surface area contributed by atoms with Crippen LogP contribution >= 0.6 is 15.6 Å². The molecule has 0 spiro atoms. The smallest absolute Gasteiger partial charge is 0.462 e. The molecular formula is C64H124O17P2. The van der Waals surface area contributed by atoms with Crippen molar-refractivity contribution in [3.05, 3.63) is 0 Å². The molecule has 0 aromatic heterocycles. The van der Waals surface area contributed by atoms with E-state index in [1.54, 1.807) is 0 Å². The van der Waals surface area contributed by atoms with E-state index in [4.69, 9.17) is 37.0 Å². The molecule has 2 unspecified atom stereocenters. The Balaban J connectivity index is 5.23. The van der Waals surface area contributed by atoms with Crippen molar-refractivity contribution in [1.29, 1.82) is 0 Å². The lowest BCUT2D eigenvalue weighted by atomic mass is 10.0. The summed E-state index contributed by atoms with van der Waals surface area (Å²) in [6.07, 6.45) is 36.4. The highest BCUT2D eigenvalue weighted by atomic mass is 31.2. The minimum absolute atomic E-state index is 0.101. The second-order valence-electron chi connectivity index (χ2n) is 24.6. The van der Waals surface area contributed by atoms with Crippen LogP contribution in [0.5, 0.6) is 0 Å². The number of phosphoric ester groups is 2. The van der Waals surface area contributed by atoms with E-state index in [2.05, 4.69) is 48.5 Å². The zero-order chi connectivity index (χ0) is 61.7. The van der Waals surface area contributed by atoms with E-state index in [1.165, 1.54) is 116 Å². The van der Waals surface area contributed by atoms with E-state index in [9.17, 15) is 43.2 Å². The minimum Gasteiger partial charge on any atom is -0.462 e. The van der Waals surface area contributed by atoms with Gasteiger partial charge in [-0.3, -0.25) is 37.3 Å².